The van der Waals surface area contributed by atoms with E-state index in [9.17, 15) is 4.79 Å². The van der Waals surface area contributed by atoms with E-state index >= 15 is 0 Å². The quantitative estimate of drug-likeness (QED) is 0.752. The van der Waals surface area contributed by atoms with E-state index in [-0.39, 0.29) is 5.76 Å². The number of hydrogen-bond acceptors (Lipinski definition) is 3. The topological polar surface area (TPSA) is 79.1 Å². The van der Waals surface area contributed by atoms with Gasteiger partial charge in [-0.25, -0.2) is 4.79 Å². The SMILES string of the molecule is O=C(O)c1ccc(-c2cccc(-c3ccn[nH]3)c2)o1. The van der Waals surface area contributed by atoms with Gasteiger partial charge in [0.05, 0.1) is 5.69 Å². The molecule has 0 unspecified atom stereocenters. The summed E-state index contributed by atoms with van der Waals surface area (Å²) in [6, 6.07) is 12.6. The minimum atomic E-state index is -1.07. The lowest BCUT2D eigenvalue weighted by Crippen LogP contribution is -1.91. The van der Waals surface area contributed by atoms with E-state index in [2.05, 4.69) is 10.2 Å². The van der Waals surface area contributed by atoms with Crippen LogP contribution < -0.4 is 0 Å². The van der Waals surface area contributed by atoms with Crippen LogP contribution in [0.15, 0.2) is 53.1 Å². The van der Waals surface area contributed by atoms with Gasteiger partial charge in [-0.05, 0) is 24.3 Å². The molecule has 0 saturated heterocycles. The van der Waals surface area contributed by atoms with E-state index in [4.69, 9.17) is 9.52 Å². The zero-order valence-corrected chi connectivity index (χ0v) is 9.83. The Hall–Kier alpha value is -2.82. The summed E-state index contributed by atoms with van der Waals surface area (Å²) in [7, 11) is 0. The lowest BCUT2D eigenvalue weighted by Gasteiger charge is -2.01. The van der Waals surface area contributed by atoms with Gasteiger partial charge in [-0.3, -0.25) is 5.10 Å². The van der Waals surface area contributed by atoms with Crippen molar-refractivity contribution in [2.75, 3.05) is 0 Å². The molecule has 5 heteroatoms. The van der Waals surface area contributed by atoms with E-state index in [0.717, 1.165) is 16.8 Å². The van der Waals surface area contributed by atoms with E-state index in [0.29, 0.717) is 5.76 Å². The monoisotopic (exact) mass is 254 g/mol. The van der Waals surface area contributed by atoms with Crippen molar-refractivity contribution in [1.29, 1.82) is 0 Å². The van der Waals surface area contributed by atoms with Gasteiger partial charge in [-0.2, -0.15) is 5.10 Å². The third-order valence-electron chi connectivity index (χ3n) is 2.78. The van der Waals surface area contributed by atoms with Gasteiger partial charge < -0.3 is 9.52 Å². The molecule has 94 valence electrons. The summed E-state index contributed by atoms with van der Waals surface area (Å²) in [4.78, 5) is 10.8. The molecule has 1 aromatic carbocycles. The molecule has 0 saturated carbocycles. The molecule has 0 fully saturated rings. The van der Waals surface area contributed by atoms with Crippen molar-refractivity contribution in [2.45, 2.75) is 0 Å². The fourth-order valence-corrected chi connectivity index (χ4v) is 1.86. The van der Waals surface area contributed by atoms with E-state index < -0.39 is 5.97 Å². The predicted octanol–water partition coefficient (Wildman–Crippen LogP) is 3.03. The second kappa shape index (κ2) is 4.45. The molecule has 0 aliphatic carbocycles. The molecule has 0 amide bonds. The molecule has 0 radical (unpaired) electrons. The molecule has 19 heavy (non-hydrogen) atoms. The Kier molecular flexibility index (Phi) is 2.64. The molecular formula is C14H10N2O3. The minimum Gasteiger partial charge on any atom is -0.475 e. The summed E-state index contributed by atoms with van der Waals surface area (Å²) in [6.07, 6.45) is 1.68. The Balaban J connectivity index is 2.01. The van der Waals surface area contributed by atoms with Crippen LogP contribution >= 0.6 is 0 Å². The standard InChI is InChI=1S/C14H10N2O3/c17-14(18)13-5-4-12(19-13)10-3-1-2-9(8-10)11-6-7-15-16-11/h1-8H,(H,15,16)(H,17,18). The van der Waals surface area contributed by atoms with Crippen molar-refractivity contribution in [3.63, 3.8) is 0 Å². The zero-order chi connectivity index (χ0) is 13.2. The second-order valence-electron chi connectivity index (χ2n) is 4.02. The molecule has 2 aromatic heterocycles. The first-order valence-corrected chi connectivity index (χ1v) is 5.67. The van der Waals surface area contributed by atoms with Gasteiger partial charge in [0.25, 0.3) is 0 Å². The number of nitrogens with zero attached hydrogens (tertiary/aromatic N) is 1. The highest BCUT2D eigenvalue weighted by atomic mass is 16.4. The molecule has 0 aliphatic rings. The summed E-state index contributed by atoms with van der Waals surface area (Å²) in [5.41, 5.74) is 2.68. The molecule has 0 aliphatic heterocycles. The van der Waals surface area contributed by atoms with Crippen LogP contribution in [0.2, 0.25) is 0 Å². The number of rotatable bonds is 3. The summed E-state index contributed by atoms with van der Waals surface area (Å²) >= 11 is 0. The van der Waals surface area contributed by atoms with Crippen LogP contribution in [0.1, 0.15) is 10.6 Å². The smallest absolute Gasteiger partial charge is 0.371 e. The maximum absolute atomic E-state index is 10.8. The van der Waals surface area contributed by atoms with Gasteiger partial charge in [0, 0.05) is 17.3 Å². The molecule has 0 spiro atoms. The highest BCUT2D eigenvalue weighted by Gasteiger charge is 2.11. The Morgan fingerprint density at radius 3 is 2.68 bits per heavy atom. The van der Waals surface area contributed by atoms with Crippen LogP contribution in [0.4, 0.5) is 0 Å². The molecule has 0 bridgehead atoms. The van der Waals surface area contributed by atoms with Crippen molar-refractivity contribution in [1.82, 2.24) is 10.2 Å². The fourth-order valence-electron chi connectivity index (χ4n) is 1.86. The average Bonchev–Trinajstić information content (AvgIpc) is 3.10. The van der Waals surface area contributed by atoms with Gasteiger partial charge in [-0.15, -0.1) is 0 Å². The maximum Gasteiger partial charge on any atom is 0.371 e. The van der Waals surface area contributed by atoms with Gasteiger partial charge in [-0.1, -0.05) is 18.2 Å². The molecule has 3 rings (SSSR count). The number of aromatic carboxylic acids is 1. The highest BCUT2D eigenvalue weighted by molar-refractivity contribution is 5.85. The van der Waals surface area contributed by atoms with Crippen molar-refractivity contribution in [3.8, 4) is 22.6 Å². The Morgan fingerprint density at radius 2 is 2.00 bits per heavy atom. The van der Waals surface area contributed by atoms with Crippen LogP contribution in [0, 0.1) is 0 Å². The molecule has 3 aromatic rings. The maximum atomic E-state index is 10.8. The second-order valence-corrected chi connectivity index (χ2v) is 4.02. The molecule has 0 atom stereocenters. The number of benzene rings is 1. The summed E-state index contributed by atoms with van der Waals surface area (Å²) in [5, 5.41) is 15.6. The number of aromatic amines is 1. The van der Waals surface area contributed by atoms with Crippen LogP contribution in [0.25, 0.3) is 22.6 Å². The average molecular weight is 254 g/mol. The van der Waals surface area contributed by atoms with Gasteiger partial charge in [0.2, 0.25) is 5.76 Å². The summed E-state index contributed by atoms with van der Waals surface area (Å²) in [6.45, 7) is 0. The molecule has 5 nitrogen and oxygen atoms in total. The largest absolute Gasteiger partial charge is 0.475 e. The summed E-state index contributed by atoms with van der Waals surface area (Å²) in [5.74, 6) is -0.614. The number of carboxylic acids is 1. The van der Waals surface area contributed by atoms with Crippen molar-refractivity contribution in [3.05, 3.63) is 54.4 Å². The first-order chi connectivity index (χ1) is 9.24. The minimum absolute atomic E-state index is 0.0676. The Labute approximate surface area is 108 Å². The number of furan rings is 1. The van der Waals surface area contributed by atoms with E-state index in [1.165, 1.54) is 6.07 Å². The Bertz CT molecular complexity index is 714. The van der Waals surface area contributed by atoms with E-state index in [1.807, 2.05) is 30.3 Å². The fraction of sp³-hybridized carbons (Fsp3) is 0. The molecule has 2 N–H and O–H groups in total. The van der Waals surface area contributed by atoms with Gasteiger partial charge in [0.1, 0.15) is 5.76 Å². The van der Waals surface area contributed by atoms with E-state index in [1.54, 1.807) is 12.3 Å². The van der Waals surface area contributed by atoms with Crippen molar-refractivity contribution in [2.24, 2.45) is 0 Å². The predicted molar refractivity (Wildman–Crippen MR) is 68.7 cm³/mol. The molecule has 2 heterocycles. The number of hydrogen-bond donors (Lipinski definition) is 2. The molecular weight excluding hydrogens is 244 g/mol. The number of carboxylic acid groups (broad SMARTS) is 1. The normalized spacial score (nSPS) is 10.5. The lowest BCUT2D eigenvalue weighted by molar-refractivity contribution is 0.0663. The summed E-state index contributed by atoms with van der Waals surface area (Å²) < 4.78 is 5.28. The number of aromatic nitrogens is 2. The van der Waals surface area contributed by atoms with Gasteiger partial charge in [0.15, 0.2) is 0 Å². The van der Waals surface area contributed by atoms with Crippen molar-refractivity contribution >= 4 is 5.97 Å². The number of H-pyrrole nitrogens is 1. The third-order valence-corrected chi connectivity index (χ3v) is 2.78. The third kappa shape index (κ3) is 2.13. The van der Waals surface area contributed by atoms with Crippen LogP contribution in [0.5, 0.6) is 0 Å². The Morgan fingerprint density at radius 1 is 1.16 bits per heavy atom. The first-order valence-electron chi connectivity index (χ1n) is 5.67. The number of carbonyl (C=O) groups is 1. The first kappa shape index (κ1) is 11.3. The van der Waals surface area contributed by atoms with Crippen molar-refractivity contribution < 1.29 is 14.3 Å². The van der Waals surface area contributed by atoms with Crippen LogP contribution in [-0.2, 0) is 0 Å². The van der Waals surface area contributed by atoms with Crippen LogP contribution in [-0.4, -0.2) is 21.3 Å². The lowest BCUT2D eigenvalue weighted by atomic mass is 10.1. The number of nitrogens with one attached hydrogen (secondary N) is 1. The van der Waals surface area contributed by atoms with Gasteiger partial charge >= 0.3 is 5.97 Å². The van der Waals surface area contributed by atoms with Crippen LogP contribution in [0.3, 0.4) is 0 Å². The highest BCUT2D eigenvalue weighted by Crippen LogP contribution is 2.26. The zero-order valence-electron chi connectivity index (χ0n) is 9.83.